The van der Waals surface area contributed by atoms with Crippen LogP contribution in [-0.4, -0.2) is 18.0 Å². The van der Waals surface area contributed by atoms with E-state index in [9.17, 15) is 0 Å². The molecule has 0 saturated heterocycles. The first-order valence-electron chi connectivity index (χ1n) is 6.93. The van der Waals surface area contributed by atoms with Crippen LogP contribution in [0, 0.1) is 27.7 Å². The Labute approximate surface area is 152 Å². The summed E-state index contributed by atoms with van der Waals surface area (Å²) < 4.78 is 5.52. The maximum absolute atomic E-state index is 5.52. The van der Waals surface area contributed by atoms with Crippen LogP contribution >= 0.6 is 35.3 Å². The highest BCUT2D eigenvalue weighted by Crippen LogP contribution is 2.16. The molecule has 0 aliphatic heterocycles. The number of halogens is 1. The fraction of sp³-hybridized carbons (Fsp3) is 0.467. The Kier molecular flexibility index (Phi) is 7.34. The zero-order chi connectivity index (χ0) is 15.4. The molecule has 0 aliphatic rings. The summed E-state index contributed by atoms with van der Waals surface area (Å²) in [4.78, 5) is 10.00. The molecule has 0 radical (unpaired) electrons. The van der Waals surface area contributed by atoms with Gasteiger partial charge in [-0.25, -0.2) is 4.98 Å². The first-order valence-corrected chi connectivity index (χ1v) is 7.74. The molecule has 5 nitrogen and oxygen atoms in total. The van der Waals surface area contributed by atoms with Crippen LogP contribution in [0.1, 0.15) is 32.7 Å². The highest BCUT2D eigenvalue weighted by atomic mass is 127. The van der Waals surface area contributed by atoms with Gasteiger partial charge in [0.25, 0.3) is 0 Å². The average molecular weight is 434 g/mol. The van der Waals surface area contributed by atoms with Crippen molar-refractivity contribution in [3.8, 4) is 0 Å². The quantitative estimate of drug-likeness (QED) is 0.440. The van der Waals surface area contributed by atoms with E-state index in [0.717, 1.165) is 33.7 Å². The monoisotopic (exact) mass is 434 g/mol. The van der Waals surface area contributed by atoms with E-state index in [-0.39, 0.29) is 24.0 Å². The maximum atomic E-state index is 5.52. The molecule has 0 spiro atoms. The largest absolute Gasteiger partial charge is 0.466 e. The Bertz CT molecular complexity index is 629. The summed E-state index contributed by atoms with van der Waals surface area (Å²) in [5.74, 6) is 2.64. The summed E-state index contributed by atoms with van der Waals surface area (Å²) in [6.07, 6.45) is 0. The molecule has 0 bridgehead atoms. The number of guanidine groups is 1. The predicted molar refractivity (Wildman–Crippen MR) is 102 cm³/mol. The van der Waals surface area contributed by atoms with E-state index in [0.29, 0.717) is 13.1 Å². The molecule has 2 aromatic rings. The first-order chi connectivity index (χ1) is 9.99. The number of aliphatic imine (C=N–C) groups is 1. The normalized spacial score (nSPS) is 11.2. The van der Waals surface area contributed by atoms with E-state index >= 15 is 0 Å². The lowest BCUT2D eigenvalue weighted by Crippen LogP contribution is -2.36. The van der Waals surface area contributed by atoms with Gasteiger partial charge in [0.05, 0.1) is 12.2 Å². The molecule has 2 heterocycles. The van der Waals surface area contributed by atoms with Crippen molar-refractivity contribution in [1.29, 1.82) is 0 Å². The standard InChI is InChI=1S/C15H22N4OS.HI/c1-9-6-13(11(3)20-9)7-17-15(16-5)18-8-14-19-10(2)12(4)21-14;/h6H,7-8H2,1-5H3,(H2,16,17,18);1H. The third kappa shape index (κ3) is 4.98. The number of nitrogens with zero attached hydrogens (tertiary/aromatic N) is 2. The number of thiazole rings is 1. The summed E-state index contributed by atoms with van der Waals surface area (Å²) in [6, 6.07) is 2.04. The molecule has 0 aromatic carbocycles. The zero-order valence-electron chi connectivity index (χ0n) is 13.6. The average Bonchev–Trinajstić information content (AvgIpc) is 2.92. The van der Waals surface area contributed by atoms with Gasteiger partial charge in [0.15, 0.2) is 5.96 Å². The summed E-state index contributed by atoms with van der Waals surface area (Å²) in [5.41, 5.74) is 2.25. The Morgan fingerprint density at radius 3 is 2.41 bits per heavy atom. The van der Waals surface area contributed by atoms with E-state index in [4.69, 9.17) is 4.42 Å². The molecule has 22 heavy (non-hydrogen) atoms. The van der Waals surface area contributed by atoms with Gasteiger partial charge in [0, 0.05) is 24.0 Å². The minimum atomic E-state index is 0. The van der Waals surface area contributed by atoms with Gasteiger partial charge in [-0.05, 0) is 33.8 Å². The number of aryl methyl sites for hydroxylation is 4. The van der Waals surface area contributed by atoms with Crippen molar-refractivity contribution in [2.75, 3.05) is 7.05 Å². The number of aromatic nitrogens is 1. The SMILES string of the molecule is CN=C(NCc1nc(C)c(C)s1)NCc1cc(C)oc1C.I. The third-order valence-corrected chi connectivity index (χ3v) is 4.37. The molecule has 7 heteroatoms. The van der Waals surface area contributed by atoms with Crippen LogP contribution in [0.15, 0.2) is 15.5 Å². The van der Waals surface area contributed by atoms with Crippen LogP contribution in [-0.2, 0) is 13.1 Å². The lowest BCUT2D eigenvalue weighted by Gasteiger charge is -2.10. The Hall–Kier alpha value is -1.09. The topological polar surface area (TPSA) is 62.5 Å². The van der Waals surface area contributed by atoms with Gasteiger partial charge in [-0.15, -0.1) is 35.3 Å². The lowest BCUT2D eigenvalue weighted by molar-refractivity contribution is 0.500. The molecular formula is C15H23IN4OS. The second kappa shape index (κ2) is 8.52. The van der Waals surface area contributed by atoms with E-state index in [1.807, 2.05) is 26.8 Å². The molecule has 122 valence electrons. The second-order valence-electron chi connectivity index (χ2n) is 4.97. The van der Waals surface area contributed by atoms with E-state index in [1.54, 1.807) is 18.4 Å². The highest BCUT2D eigenvalue weighted by molar-refractivity contribution is 14.0. The molecule has 2 aromatic heterocycles. The summed E-state index contributed by atoms with van der Waals surface area (Å²) in [5, 5.41) is 7.64. The zero-order valence-corrected chi connectivity index (χ0v) is 16.8. The molecule has 0 saturated carbocycles. The summed E-state index contributed by atoms with van der Waals surface area (Å²) >= 11 is 1.72. The first kappa shape index (κ1) is 19.0. The van der Waals surface area contributed by atoms with Gasteiger partial charge >= 0.3 is 0 Å². The predicted octanol–water partition coefficient (Wildman–Crippen LogP) is 3.45. The van der Waals surface area contributed by atoms with Crippen molar-refractivity contribution in [3.63, 3.8) is 0 Å². The van der Waals surface area contributed by atoms with Crippen molar-refractivity contribution in [2.24, 2.45) is 4.99 Å². The molecule has 2 N–H and O–H groups in total. The van der Waals surface area contributed by atoms with Gasteiger partial charge in [0.2, 0.25) is 0 Å². The molecule has 0 aliphatic carbocycles. The van der Waals surface area contributed by atoms with Crippen molar-refractivity contribution in [3.05, 3.63) is 38.7 Å². The number of rotatable bonds is 4. The fourth-order valence-corrected chi connectivity index (χ4v) is 2.91. The molecule has 0 unspecified atom stereocenters. The van der Waals surface area contributed by atoms with Gasteiger partial charge < -0.3 is 15.1 Å². The lowest BCUT2D eigenvalue weighted by atomic mass is 10.2. The van der Waals surface area contributed by atoms with Crippen molar-refractivity contribution in [2.45, 2.75) is 40.8 Å². The van der Waals surface area contributed by atoms with Gasteiger partial charge in [-0.1, -0.05) is 0 Å². The summed E-state index contributed by atoms with van der Waals surface area (Å²) in [6.45, 7) is 9.43. The second-order valence-corrected chi connectivity index (χ2v) is 6.25. The maximum Gasteiger partial charge on any atom is 0.191 e. The molecule has 2 rings (SSSR count). The van der Waals surface area contributed by atoms with Gasteiger partial charge in [0.1, 0.15) is 16.5 Å². The highest BCUT2D eigenvalue weighted by Gasteiger charge is 2.07. The van der Waals surface area contributed by atoms with Gasteiger partial charge in [-0.3, -0.25) is 4.99 Å². The van der Waals surface area contributed by atoms with Gasteiger partial charge in [-0.2, -0.15) is 0 Å². The summed E-state index contributed by atoms with van der Waals surface area (Å²) in [7, 11) is 1.77. The number of furan rings is 1. The fourth-order valence-electron chi connectivity index (χ4n) is 2.03. The molecule has 0 atom stereocenters. The number of nitrogens with one attached hydrogen (secondary N) is 2. The van der Waals surface area contributed by atoms with Crippen molar-refractivity contribution < 1.29 is 4.42 Å². The van der Waals surface area contributed by atoms with Crippen molar-refractivity contribution >= 4 is 41.3 Å². The van der Waals surface area contributed by atoms with Crippen LogP contribution in [0.4, 0.5) is 0 Å². The Balaban J connectivity index is 0.00000242. The van der Waals surface area contributed by atoms with E-state index in [1.165, 1.54) is 4.88 Å². The number of hydrogen-bond donors (Lipinski definition) is 2. The number of hydrogen-bond acceptors (Lipinski definition) is 4. The minimum absolute atomic E-state index is 0. The van der Waals surface area contributed by atoms with E-state index in [2.05, 4.69) is 27.5 Å². The van der Waals surface area contributed by atoms with Crippen LogP contribution in [0.3, 0.4) is 0 Å². The Morgan fingerprint density at radius 1 is 1.23 bits per heavy atom. The third-order valence-electron chi connectivity index (χ3n) is 3.29. The van der Waals surface area contributed by atoms with Crippen molar-refractivity contribution in [1.82, 2.24) is 15.6 Å². The Morgan fingerprint density at radius 2 is 1.91 bits per heavy atom. The van der Waals surface area contributed by atoms with Crippen LogP contribution in [0.2, 0.25) is 0 Å². The minimum Gasteiger partial charge on any atom is -0.466 e. The van der Waals surface area contributed by atoms with Crippen LogP contribution < -0.4 is 10.6 Å². The molecule has 0 amide bonds. The molecular weight excluding hydrogens is 411 g/mol. The smallest absolute Gasteiger partial charge is 0.191 e. The van der Waals surface area contributed by atoms with Crippen LogP contribution in [0.25, 0.3) is 0 Å². The van der Waals surface area contributed by atoms with Crippen LogP contribution in [0.5, 0.6) is 0 Å². The van der Waals surface area contributed by atoms with E-state index < -0.39 is 0 Å². The molecule has 0 fully saturated rings.